The smallest absolute Gasteiger partial charge is 0.152 e. The van der Waals surface area contributed by atoms with Crippen LogP contribution in [0.15, 0.2) is 133 Å². The zero-order valence-corrected chi connectivity index (χ0v) is 31.4. The number of benzene rings is 7. The second kappa shape index (κ2) is 10.7. The first kappa shape index (κ1) is 31.3. The summed E-state index contributed by atoms with van der Waals surface area (Å²) in [5, 5.41) is 4.92. The third-order valence-electron chi connectivity index (χ3n) is 11.6. The molecule has 0 atom stereocenters. The number of ether oxygens (including phenoxy) is 2. The predicted octanol–water partition coefficient (Wildman–Crippen LogP) is 14.0. The molecule has 0 radical (unpaired) electrons. The molecule has 7 aromatic carbocycles. The van der Waals surface area contributed by atoms with Crippen molar-refractivity contribution in [3.63, 3.8) is 0 Å². The fraction of sp³-hybridized carbons (Fsp3) is 0.160. The Bertz CT molecular complexity index is 2840. The molecule has 0 amide bonds. The highest BCUT2D eigenvalue weighted by molar-refractivity contribution is 6.14. The number of aromatic nitrogens is 2. The summed E-state index contributed by atoms with van der Waals surface area (Å²) in [5.74, 6) is 3.61. The summed E-state index contributed by atoms with van der Waals surface area (Å²) in [7, 11) is 0. The van der Waals surface area contributed by atoms with E-state index >= 15 is 0 Å². The van der Waals surface area contributed by atoms with Crippen molar-refractivity contribution in [3.05, 3.63) is 145 Å². The summed E-state index contributed by atoms with van der Waals surface area (Å²) >= 11 is 0. The molecule has 0 bridgehead atoms. The van der Waals surface area contributed by atoms with Gasteiger partial charge in [0, 0.05) is 21.5 Å². The van der Waals surface area contributed by atoms with Crippen LogP contribution in [0, 0.1) is 0 Å². The Morgan fingerprint density at radius 1 is 0.370 bits per heavy atom. The number of para-hydroxylation sites is 4. The molecule has 2 aliphatic rings. The first-order chi connectivity index (χ1) is 26.0. The molecule has 0 saturated carbocycles. The Kier molecular flexibility index (Phi) is 6.18. The molecule has 0 unspecified atom stereocenters. The molecular weight excluding hydrogens is 661 g/mol. The van der Waals surface area contributed by atoms with Gasteiger partial charge in [-0.3, -0.25) is 0 Å². The lowest BCUT2D eigenvalue weighted by molar-refractivity contribution is 0.472. The van der Waals surface area contributed by atoms with Gasteiger partial charge in [0.15, 0.2) is 23.0 Å². The van der Waals surface area contributed by atoms with Crippen molar-refractivity contribution in [2.24, 2.45) is 0 Å². The van der Waals surface area contributed by atoms with Crippen LogP contribution >= 0.6 is 0 Å². The fourth-order valence-corrected chi connectivity index (χ4v) is 8.65. The van der Waals surface area contributed by atoms with Crippen LogP contribution in [0.3, 0.4) is 0 Å². The van der Waals surface area contributed by atoms with Crippen molar-refractivity contribution in [2.45, 2.75) is 52.4 Å². The summed E-state index contributed by atoms with van der Waals surface area (Å²) in [4.78, 5) is 0. The highest BCUT2D eigenvalue weighted by atomic mass is 16.5. The molecule has 4 heterocycles. The Hall–Kier alpha value is -6.26. The van der Waals surface area contributed by atoms with Crippen molar-refractivity contribution in [1.29, 1.82) is 0 Å². The molecule has 2 aliphatic heterocycles. The lowest BCUT2D eigenvalue weighted by Gasteiger charge is -2.24. The van der Waals surface area contributed by atoms with E-state index < -0.39 is 0 Å². The van der Waals surface area contributed by atoms with E-state index in [4.69, 9.17) is 9.47 Å². The van der Waals surface area contributed by atoms with Crippen LogP contribution in [0.5, 0.6) is 23.0 Å². The molecule has 54 heavy (non-hydrogen) atoms. The SMILES string of the molecule is CC(C)(C)c1cc2c3c(c1)c1cc(-c4ccc(-c5ccc6c(c5)c5cc(C(C)(C)C)cc7c5n6-c5ccccc5O7)cc4)ccc1n3-c1ccccc1O2. The molecule has 0 N–H and O–H groups in total. The average molecular weight is 701 g/mol. The lowest BCUT2D eigenvalue weighted by Crippen LogP contribution is -2.12. The van der Waals surface area contributed by atoms with Crippen LogP contribution in [0.2, 0.25) is 0 Å². The van der Waals surface area contributed by atoms with Gasteiger partial charge >= 0.3 is 0 Å². The quantitative estimate of drug-likeness (QED) is 0.180. The van der Waals surface area contributed by atoms with E-state index in [9.17, 15) is 0 Å². The topological polar surface area (TPSA) is 28.3 Å². The van der Waals surface area contributed by atoms with Crippen LogP contribution < -0.4 is 9.47 Å². The predicted molar refractivity (Wildman–Crippen MR) is 224 cm³/mol. The van der Waals surface area contributed by atoms with Crippen LogP contribution in [0.1, 0.15) is 52.7 Å². The largest absolute Gasteiger partial charge is 0.453 e. The molecule has 4 nitrogen and oxygen atoms in total. The Morgan fingerprint density at radius 2 is 0.759 bits per heavy atom. The van der Waals surface area contributed by atoms with Gasteiger partial charge in [-0.2, -0.15) is 0 Å². The number of fused-ring (bicyclic) bond motifs is 10. The van der Waals surface area contributed by atoms with Crippen molar-refractivity contribution in [1.82, 2.24) is 9.13 Å². The molecule has 0 fully saturated rings. The molecule has 9 aromatic rings. The highest BCUT2D eigenvalue weighted by Crippen LogP contribution is 2.49. The number of hydrogen-bond acceptors (Lipinski definition) is 2. The van der Waals surface area contributed by atoms with Crippen molar-refractivity contribution < 1.29 is 9.47 Å². The van der Waals surface area contributed by atoms with Gasteiger partial charge in [-0.1, -0.05) is 102 Å². The van der Waals surface area contributed by atoms with Crippen molar-refractivity contribution in [2.75, 3.05) is 0 Å². The summed E-state index contributed by atoms with van der Waals surface area (Å²) in [6.07, 6.45) is 0. The Labute approximate surface area is 314 Å². The molecule has 2 aromatic heterocycles. The minimum Gasteiger partial charge on any atom is -0.453 e. The minimum absolute atomic E-state index is 0.0174. The van der Waals surface area contributed by atoms with Crippen molar-refractivity contribution in [3.8, 4) is 56.6 Å². The van der Waals surface area contributed by atoms with Gasteiger partial charge in [-0.15, -0.1) is 0 Å². The lowest BCUT2D eigenvalue weighted by atomic mass is 9.86. The van der Waals surface area contributed by atoms with Gasteiger partial charge in [0.05, 0.1) is 33.4 Å². The Morgan fingerprint density at radius 3 is 1.17 bits per heavy atom. The normalized spacial score (nSPS) is 13.3. The van der Waals surface area contributed by atoms with Crippen LogP contribution in [-0.2, 0) is 10.8 Å². The number of hydrogen-bond donors (Lipinski definition) is 0. The maximum absolute atomic E-state index is 6.56. The van der Waals surface area contributed by atoms with E-state index in [0.29, 0.717) is 0 Å². The summed E-state index contributed by atoms with van der Waals surface area (Å²) in [6.45, 7) is 13.6. The van der Waals surface area contributed by atoms with Gasteiger partial charge < -0.3 is 18.6 Å². The highest BCUT2D eigenvalue weighted by Gasteiger charge is 2.29. The second-order valence-corrected chi connectivity index (χ2v) is 17.1. The molecule has 4 heteroatoms. The molecule has 11 rings (SSSR count). The van der Waals surface area contributed by atoms with Crippen molar-refractivity contribution >= 4 is 43.6 Å². The first-order valence-corrected chi connectivity index (χ1v) is 18.9. The van der Waals surface area contributed by atoms with E-state index in [2.05, 4.69) is 172 Å². The second-order valence-electron chi connectivity index (χ2n) is 17.1. The van der Waals surface area contributed by atoms with E-state index in [0.717, 1.165) is 45.4 Å². The zero-order valence-electron chi connectivity index (χ0n) is 31.4. The van der Waals surface area contributed by atoms with Crippen LogP contribution in [0.4, 0.5) is 0 Å². The van der Waals surface area contributed by atoms with Gasteiger partial charge in [-0.05, 0) is 117 Å². The average Bonchev–Trinajstić information content (AvgIpc) is 3.68. The number of rotatable bonds is 2. The maximum Gasteiger partial charge on any atom is 0.152 e. The summed E-state index contributed by atoms with van der Waals surface area (Å²) in [6, 6.07) is 48.7. The monoisotopic (exact) mass is 700 g/mol. The van der Waals surface area contributed by atoms with E-state index in [1.54, 1.807) is 0 Å². The van der Waals surface area contributed by atoms with Crippen LogP contribution in [0.25, 0.3) is 77.2 Å². The molecule has 0 aliphatic carbocycles. The van der Waals surface area contributed by atoms with Gasteiger partial charge in [0.2, 0.25) is 0 Å². The van der Waals surface area contributed by atoms with Gasteiger partial charge in [-0.25, -0.2) is 0 Å². The summed E-state index contributed by atoms with van der Waals surface area (Å²) < 4.78 is 17.9. The maximum atomic E-state index is 6.56. The zero-order chi connectivity index (χ0) is 36.7. The molecule has 0 spiro atoms. The molecular formula is C50H40N2O2. The van der Waals surface area contributed by atoms with Gasteiger partial charge in [0.1, 0.15) is 0 Å². The molecule has 262 valence electrons. The van der Waals surface area contributed by atoms with E-state index in [1.807, 2.05) is 12.1 Å². The minimum atomic E-state index is -0.0174. The van der Waals surface area contributed by atoms with Crippen LogP contribution in [-0.4, -0.2) is 9.13 Å². The standard InChI is InChI=1S/C50H40N2O2/c1-49(2,3)33-25-37-35-23-31(19-21-39(35)51-41-11-7-9-13-43(41)53-45(27-33)47(37)51)29-15-17-30(18-16-29)32-20-22-40-36(24-32)38-26-34(50(4,5)6)28-46-48(38)52(40)42-12-8-10-14-44(42)54-46/h7-28H,1-6H3. The Balaban J connectivity index is 1.04. The summed E-state index contributed by atoms with van der Waals surface area (Å²) in [5.41, 5.74) is 14.1. The van der Waals surface area contributed by atoms with Gasteiger partial charge in [0.25, 0.3) is 0 Å². The van der Waals surface area contributed by atoms with E-state index in [1.165, 1.54) is 66.0 Å². The first-order valence-electron chi connectivity index (χ1n) is 18.9. The fourth-order valence-electron chi connectivity index (χ4n) is 8.65. The third kappa shape index (κ3) is 4.43. The molecule has 0 saturated heterocycles. The number of nitrogens with zero attached hydrogens (tertiary/aromatic N) is 2. The van der Waals surface area contributed by atoms with E-state index in [-0.39, 0.29) is 10.8 Å². The third-order valence-corrected chi connectivity index (χ3v) is 11.6.